The zero-order valence-corrected chi connectivity index (χ0v) is 17.8. The van der Waals surface area contributed by atoms with Crippen molar-refractivity contribution in [2.75, 3.05) is 19.6 Å². The molecule has 1 saturated heterocycles. The molecule has 0 radical (unpaired) electrons. The molecule has 3 aromatic rings. The molecule has 2 aliphatic heterocycles. The topological polar surface area (TPSA) is 73.5 Å². The molecule has 1 N–H and O–H groups in total. The SMILES string of the molecule is Cc1ccc2[nH]c(C3CCN(C(=O)CN4C(=O)c5ccccc5C4=O)CC3)c(C)c2c1. The van der Waals surface area contributed by atoms with Crippen LogP contribution in [0.5, 0.6) is 0 Å². The van der Waals surface area contributed by atoms with E-state index in [2.05, 4.69) is 37.0 Å². The van der Waals surface area contributed by atoms with Crippen molar-refractivity contribution in [3.63, 3.8) is 0 Å². The largest absolute Gasteiger partial charge is 0.358 e. The van der Waals surface area contributed by atoms with Crippen LogP contribution in [0.25, 0.3) is 10.9 Å². The van der Waals surface area contributed by atoms with Gasteiger partial charge in [0.1, 0.15) is 6.54 Å². The van der Waals surface area contributed by atoms with Crippen molar-refractivity contribution in [3.05, 3.63) is 70.4 Å². The average molecular weight is 415 g/mol. The molecule has 0 bridgehead atoms. The van der Waals surface area contributed by atoms with Crippen LogP contribution < -0.4 is 0 Å². The van der Waals surface area contributed by atoms with Crippen molar-refractivity contribution in [1.82, 2.24) is 14.8 Å². The molecule has 0 spiro atoms. The molecule has 0 atom stereocenters. The number of amides is 3. The summed E-state index contributed by atoms with van der Waals surface area (Å²) in [5.41, 5.74) is 5.70. The van der Waals surface area contributed by atoms with E-state index >= 15 is 0 Å². The second kappa shape index (κ2) is 7.38. The Morgan fingerprint density at radius 3 is 2.29 bits per heavy atom. The van der Waals surface area contributed by atoms with Crippen LogP contribution in [0, 0.1) is 13.8 Å². The lowest BCUT2D eigenvalue weighted by Crippen LogP contribution is -2.45. The van der Waals surface area contributed by atoms with Gasteiger partial charge in [-0.05, 0) is 56.5 Å². The number of aromatic amines is 1. The second-order valence-corrected chi connectivity index (χ2v) is 8.61. The van der Waals surface area contributed by atoms with E-state index in [1.165, 1.54) is 22.2 Å². The maximum atomic E-state index is 12.9. The van der Waals surface area contributed by atoms with Crippen molar-refractivity contribution in [1.29, 1.82) is 0 Å². The molecule has 2 aromatic carbocycles. The van der Waals surface area contributed by atoms with Crippen LogP contribution >= 0.6 is 0 Å². The molecule has 0 aliphatic carbocycles. The third kappa shape index (κ3) is 3.23. The van der Waals surface area contributed by atoms with E-state index in [0.717, 1.165) is 23.3 Å². The van der Waals surface area contributed by atoms with E-state index in [0.29, 0.717) is 30.1 Å². The van der Waals surface area contributed by atoms with Crippen LogP contribution in [0.2, 0.25) is 0 Å². The molecular formula is C25H25N3O3. The summed E-state index contributed by atoms with van der Waals surface area (Å²) in [6, 6.07) is 13.2. The molecule has 0 unspecified atom stereocenters. The minimum atomic E-state index is -0.382. The maximum absolute atomic E-state index is 12.9. The fraction of sp³-hybridized carbons (Fsp3) is 0.320. The highest BCUT2D eigenvalue weighted by atomic mass is 16.2. The molecule has 5 rings (SSSR count). The molecule has 1 aromatic heterocycles. The number of benzene rings is 2. The Morgan fingerprint density at radius 2 is 1.65 bits per heavy atom. The number of aryl methyl sites for hydroxylation is 2. The van der Waals surface area contributed by atoms with E-state index in [9.17, 15) is 14.4 Å². The Balaban J connectivity index is 1.25. The number of fused-ring (bicyclic) bond motifs is 2. The summed E-state index contributed by atoms with van der Waals surface area (Å²) in [5, 5.41) is 1.26. The molecule has 3 heterocycles. The number of hydrogen-bond donors (Lipinski definition) is 1. The number of carbonyl (C=O) groups excluding carboxylic acids is 3. The van der Waals surface area contributed by atoms with Crippen LogP contribution in [-0.4, -0.2) is 52.1 Å². The summed E-state index contributed by atoms with van der Waals surface area (Å²) in [4.78, 5) is 44.4. The van der Waals surface area contributed by atoms with Gasteiger partial charge in [0.2, 0.25) is 5.91 Å². The molecule has 3 amide bonds. The van der Waals surface area contributed by atoms with Gasteiger partial charge in [-0.2, -0.15) is 0 Å². The monoisotopic (exact) mass is 415 g/mol. The van der Waals surface area contributed by atoms with Crippen LogP contribution in [0.1, 0.15) is 56.3 Å². The standard InChI is InChI=1S/C25H25N3O3/c1-15-7-8-21-20(13-15)16(2)23(26-21)17-9-11-27(12-10-17)22(29)14-28-24(30)18-5-3-4-6-19(18)25(28)31/h3-8,13,17,26H,9-12,14H2,1-2H3. The number of likely N-dealkylation sites (tertiary alicyclic amines) is 1. The molecule has 0 saturated carbocycles. The summed E-state index contributed by atoms with van der Waals surface area (Å²) < 4.78 is 0. The molecule has 6 heteroatoms. The highest BCUT2D eigenvalue weighted by Crippen LogP contribution is 2.34. The number of nitrogens with one attached hydrogen (secondary N) is 1. The van der Waals surface area contributed by atoms with E-state index in [1.54, 1.807) is 29.2 Å². The van der Waals surface area contributed by atoms with Gasteiger partial charge in [0.15, 0.2) is 0 Å². The Hall–Kier alpha value is -3.41. The van der Waals surface area contributed by atoms with E-state index in [-0.39, 0.29) is 24.3 Å². The number of hydrogen-bond acceptors (Lipinski definition) is 3. The summed E-state index contributed by atoms with van der Waals surface area (Å²) in [7, 11) is 0. The van der Waals surface area contributed by atoms with Crippen molar-refractivity contribution in [2.45, 2.75) is 32.6 Å². The van der Waals surface area contributed by atoms with Crippen LogP contribution in [0.4, 0.5) is 0 Å². The van der Waals surface area contributed by atoms with Gasteiger partial charge in [-0.1, -0.05) is 23.8 Å². The number of H-pyrrole nitrogens is 1. The lowest BCUT2D eigenvalue weighted by Gasteiger charge is -2.32. The molecule has 2 aliphatic rings. The van der Waals surface area contributed by atoms with Gasteiger partial charge in [0, 0.05) is 35.6 Å². The van der Waals surface area contributed by atoms with Crippen molar-refractivity contribution in [3.8, 4) is 0 Å². The highest BCUT2D eigenvalue weighted by molar-refractivity contribution is 6.22. The third-order valence-electron chi connectivity index (χ3n) is 6.68. The molecule has 158 valence electrons. The molecule has 31 heavy (non-hydrogen) atoms. The summed E-state index contributed by atoms with van der Waals surface area (Å²) in [6.07, 6.45) is 1.72. The number of nitrogens with zero attached hydrogens (tertiary/aromatic N) is 2. The van der Waals surface area contributed by atoms with E-state index in [1.807, 2.05) is 0 Å². The Bertz CT molecular complexity index is 1180. The number of aromatic nitrogens is 1. The first-order valence-corrected chi connectivity index (χ1v) is 10.8. The van der Waals surface area contributed by atoms with Gasteiger partial charge < -0.3 is 9.88 Å². The third-order valence-corrected chi connectivity index (χ3v) is 6.68. The molecule has 6 nitrogen and oxygen atoms in total. The quantitative estimate of drug-likeness (QED) is 0.662. The Kier molecular flexibility index (Phi) is 4.65. The van der Waals surface area contributed by atoms with Crippen molar-refractivity contribution < 1.29 is 14.4 Å². The van der Waals surface area contributed by atoms with Crippen LogP contribution in [0.15, 0.2) is 42.5 Å². The molecule has 1 fully saturated rings. The lowest BCUT2D eigenvalue weighted by atomic mass is 9.91. The lowest BCUT2D eigenvalue weighted by molar-refractivity contribution is -0.132. The minimum absolute atomic E-state index is 0.169. The second-order valence-electron chi connectivity index (χ2n) is 8.61. The van der Waals surface area contributed by atoms with Gasteiger partial charge in [-0.25, -0.2) is 0 Å². The number of piperidine rings is 1. The first kappa shape index (κ1) is 19.5. The first-order chi connectivity index (χ1) is 14.9. The fourth-order valence-corrected chi connectivity index (χ4v) is 4.91. The maximum Gasteiger partial charge on any atom is 0.262 e. The smallest absolute Gasteiger partial charge is 0.262 e. The van der Waals surface area contributed by atoms with Gasteiger partial charge in [-0.3, -0.25) is 19.3 Å². The minimum Gasteiger partial charge on any atom is -0.358 e. The van der Waals surface area contributed by atoms with Gasteiger partial charge >= 0.3 is 0 Å². The summed E-state index contributed by atoms with van der Waals surface area (Å²) in [5.74, 6) is -0.561. The van der Waals surface area contributed by atoms with Gasteiger partial charge in [0.05, 0.1) is 11.1 Å². The highest BCUT2D eigenvalue weighted by Gasteiger charge is 2.37. The zero-order valence-electron chi connectivity index (χ0n) is 17.8. The summed E-state index contributed by atoms with van der Waals surface area (Å²) in [6.45, 7) is 5.32. The Morgan fingerprint density at radius 1 is 1.00 bits per heavy atom. The predicted octanol–water partition coefficient (Wildman–Crippen LogP) is 3.79. The number of imide groups is 1. The summed E-state index contributed by atoms with van der Waals surface area (Å²) >= 11 is 0. The number of carbonyl (C=O) groups is 3. The number of rotatable bonds is 3. The van der Waals surface area contributed by atoms with E-state index in [4.69, 9.17) is 0 Å². The van der Waals surface area contributed by atoms with Crippen LogP contribution in [-0.2, 0) is 4.79 Å². The molecular weight excluding hydrogens is 390 g/mol. The average Bonchev–Trinajstić information content (AvgIpc) is 3.23. The zero-order chi connectivity index (χ0) is 21.7. The van der Waals surface area contributed by atoms with E-state index < -0.39 is 0 Å². The van der Waals surface area contributed by atoms with Crippen molar-refractivity contribution >= 4 is 28.6 Å². The Labute approximate surface area is 180 Å². The predicted molar refractivity (Wildman–Crippen MR) is 118 cm³/mol. The van der Waals surface area contributed by atoms with Gasteiger partial charge in [-0.15, -0.1) is 0 Å². The fourth-order valence-electron chi connectivity index (χ4n) is 4.91. The van der Waals surface area contributed by atoms with Crippen molar-refractivity contribution in [2.24, 2.45) is 0 Å². The first-order valence-electron chi connectivity index (χ1n) is 10.8. The van der Waals surface area contributed by atoms with Crippen LogP contribution in [0.3, 0.4) is 0 Å². The van der Waals surface area contributed by atoms with Gasteiger partial charge in [0.25, 0.3) is 11.8 Å². The normalized spacial score (nSPS) is 17.0.